The fourth-order valence-electron chi connectivity index (χ4n) is 2.26. The second kappa shape index (κ2) is 7.26. The van der Waals surface area contributed by atoms with Crippen LogP contribution in [0.1, 0.15) is 33.1 Å². The first-order valence-electron chi connectivity index (χ1n) is 7.26. The summed E-state index contributed by atoms with van der Waals surface area (Å²) in [6, 6.07) is 3.18. The lowest BCUT2D eigenvalue weighted by atomic mass is 10.0. The van der Waals surface area contributed by atoms with Crippen molar-refractivity contribution in [3.8, 4) is 11.5 Å². The van der Waals surface area contributed by atoms with Gasteiger partial charge in [-0.3, -0.25) is 0 Å². The molecule has 0 bridgehead atoms. The summed E-state index contributed by atoms with van der Waals surface area (Å²) < 4.78 is 18.1. The second-order valence-corrected chi connectivity index (χ2v) is 5.46. The van der Waals surface area contributed by atoms with Crippen molar-refractivity contribution in [2.45, 2.75) is 39.7 Å². The molecular formula is C15H21FN4O. The molecule has 0 aliphatic heterocycles. The van der Waals surface area contributed by atoms with Crippen molar-refractivity contribution in [1.29, 1.82) is 0 Å². The summed E-state index contributed by atoms with van der Waals surface area (Å²) in [5.74, 6) is 1.18. The van der Waals surface area contributed by atoms with Crippen LogP contribution in [0.5, 0.6) is 0 Å². The Morgan fingerprint density at radius 1 is 1.33 bits per heavy atom. The third-order valence-electron chi connectivity index (χ3n) is 3.09. The number of pyridine rings is 1. The highest BCUT2D eigenvalue weighted by Gasteiger charge is 2.16. The quantitative estimate of drug-likeness (QED) is 0.850. The fraction of sp³-hybridized carbons (Fsp3) is 0.533. The maximum absolute atomic E-state index is 12.9. The van der Waals surface area contributed by atoms with Gasteiger partial charge in [-0.25, -0.2) is 9.37 Å². The van der Waals surface area contributed by atoms with Gasteiger partial charge in [0.05, 0.1) is 6.20 Å². The summed E-state index contributed by atoms with van der Waals surface area (Å²) in [6.07, 6.45) is 2.87. The SMILES string of the molecule is CCNC(Cc1nc(-c2ccc(F)cn2)no1)CC(C)C. The van der Waals surface area contributed by atoms with Crippen LogP contribution < -0.4 is 5.32 Å². The minimum atomic E-state index is -0.383. The van der Waals surface area contributed by atoms with Gasteiger partial charge in [-0.15, -0.1) is 0 Å². The van der Waals surface area contributed by atoms with E-state index in [2.05, 4.69) is 41.2 Å². The van der Waals surface area contributed by atoms with Gasteiger partial charge in [0.2, 0.25) is 11.7 Å². The number of nitrogens with one attached hydrogen (secondary N) is 1. The fourth-order valence-corrected chi connectivity index (χ4v) is 2.26. The third kappa shape index (κ3) is 4.60. The minimum absolute atomic E-state index is 0.310. The third-order valence-corrected chi connectivity index (χ3v) is 3.09. The zero-order chi connectivity index (χ0) is 15.2. The molecule has 21 heavy (non-hydrogen) atoms. The maximum Gasteiger partial charge on any atom is 0.228 e. The first-order valence-corrected chi connectivity index (χ1v) is 7.26. The van der Waals surface area contributed by atoms with Gasteiger partial charge in [0.15, 0.2) is 0 Å². The molecule has 0 aliphatic rings. The molecule has 0 radical (unpaired) electrons. The minimum Gasteiger partial charge on any atom is -0.339 e. The molecule has 0 aromatic carbocycles. The Morgan fingerprint density at radius 2 is 2.14 bits per heavy atom. The zero-order valence-electron chi connectivity index (χ0n) is 12.6. The van der Waals surface area contributed by atoms with E-state index in [4.69, 9.17) is 4.52 Å². The Bertz CT molecular complexity index is 553. The van der Waals surface area contributed by atoms with Crippen LogP contribution in [0.25, 0.3) is 11.5 Å². The lowest BCUT2D eigenvalue weighted by molar-refractivity contribution is 0.340. The largest absolute Gasteiger partial charge is 0.339 e. The van der Waals surface area contributed by atoms with E-state index in [0.717, 1.165) is 19.2 Å². The van der Waals surface area contributed by atoms with Crippen LogP contribution in [0.4, 0.5) is 4.39 Å². The van der Waals surface area contributed by atoms with E-state index < -0.39 is 0 Å². The van der Waals surface area contributed by atoms with E-state index in [1.54, 1.807) is 6.07 Å². The number of halogens is 1. The van der Waals surface area contributed by atoms with Crippen LogP contribution in [0.3, 0.4) is 0 Å². The molecular weight excluding hydrogens is 271 g/mol. The van der Waals surface area contributed by atoms with Crippen LogP contribution in [0.15, 0.2) is 22.9 Å². The molecule has 2 heterocycles. The Kier molecular flexibility index (Phi) is 5.38. The number of aromatic nitrogens is 3. The number of likely N-dealkylation sites (N-methyl/N-ethyl adjacent to an activating group) is 1. The van der Waals surface area contributed by atoms with Crippen molar-refractivity contribution >= 4 is 0 Å². The lowest BCUT2D eigenvalue weighted by Crippen LogP contribution is -2.32. The Morgan fingerprint density at radius 3 is 2.76 bits per heavy atom. The summed E-state index contributed by atoms with van der Waals surface area (Å²) in [5, 5.41) is 7.34. The van der Waals surface area contributed by atoms with Crippen LogP contribution >= 0.6 is 0 Å². The molecule has 0 saturated carbocycles. The van der Waals surface area contributed by atoms with Gasteiger partial charge in [0, 0.05) is 12.5 Å². The van der Waals surface area contributed by atoms with Gasteiger partial charge in [-0.05, 0) is 31.0 Å². The molecule has 0 amide bonds. The second-order valence-electron chi connectivity index (χ2n) is 5.46. The van der Waals surface area contributed by atoms with E-state index in [-0.39, 0.29) is 5.82 Å². The summed E-state index contributed by atoms with van der Waals surface area (Å²) in [4.78, 5) is 8.29. The Labute approximate surface area is 124 Å². The maximum atomic E-state index is 12.9. The van der Waals surface area contributed by atoms with Gasteiger partial charge < -0.3 is 9.84 Å². The van der Waals surface area contributed by atoms with E-state index >= 15 is 0 Å². The van der Waals surface area contributed by atoms with Crippen molar-refractivity contribution in [3.05, 3.63) is 30.0 Å². The normalized spacial score (nSPS) is 12.8. The molecule has 0 aliphatic carbocycles. The van der Waals surface area contributed by atoms with E-state index in [0.29, 0.717) is 35.8 Å². The predicted molar refractivity (Wildman–Crippen MR) is 78.1 cm³/mol. The topological polar surface area (TPSA) is 63.8 Å². The smallest absolute Gasteiger partial charge is 0.228 e. The Balaban J connectivity index is 2.06. The molecule has 114 valence electrons. The zero-order valence-corrected chi connectivity index (χ0v) is 12.6. The van der Waals surface area contributed by atoms with E-state index in [1.165, 1.54) is 6.07 Å². The lowest BCUT2D eigenvalue weighted by Gasteiger charge is -2.17. The number of hydrogen-bond donors (Lipinski definition) is 1. The van der Waals surface area contributed by atoms with Crippen molar-refractivity contribution < 1.29 is 8.91 Å². The van der Waals surface area contributed by atoms with Crippen LogP contribution in [0.2, 0.25) is 0 Å². The molecule has 2 rings (SSSR count). The van der Waals surface area contributed by atoms with Gasteiger partial charge >= 0.3 is 0 Å². The van der Waals surface area contributed by atoms with Gasteiger partial charge in [0.1, 0.15) is 11.5 Å². The van der Waals surface area contributed by atoms with Crippen LogP contribution in [0, 0.1) is 11.7 Å². The van der Waals surface area contributed by atoms with Crippen LogP contribution in [-0.2, 0) is 6.42 Å². The molecule has 1 unspecified atom stereocenters. The number of nitrogens with zero attached hydrogens (tertiary/aromatic N) is 3. The average molecular weight is 292 g/mol. The van der Waals surface area contributed by atoms with E-state index in [1.807, 2.05) is 0 Å². The molecule has 0 fully saturated rings. The molecule has 5 nitrogen and oxygen atoms in total. The molecule has 1 atom stereocenters. The van der Waals surface area contributed by atoms with Crippen molar-refractivity contribution in [2.24, 2.45) is 5.92 Å². The summed E-state index contributed by atoms with van der Waals surface area (Å²) in [5.41, 5.74) is 0.510. The van der Waals surface area contributed by atoms with Gasteiger partial charge in [0.25, 0.3) is 0 Å². The number of rotatable bonds is 7. The van der Waals surface area contributed by atoms with Crippen LogP contribution in [-0.4, -0.2) is 27.7 Å². The molecule has 0 spiro atoms. The summed E-state index contributed by atoms with van der Waals surface area (Å²) >= 11 is 0. The van der Waals surface area contributed by atoms with Gasteiger partial charge in [-0.1, -0.05) is 25.9 Å². The van der Waals surface area contributed by atoms with Crippen molar-refractivity contribution in [2.75, 3.05) is 6.54 Å². The summed E-state index contributed by atoms with van der Waals surface area (Å²) in [7, 11) is 0. The monoisotopic (exact) mass is 292 g/mol. The molecule has 6 heteroatoms. The van der Waals surface area contributed by atoms with E-state index in [9.17, 15) is 4.39 Å². The van der Waals surface area contributed by atoms with Crippen molar-refractivity contribution in [3.63, 3.8) is 0 Å². The average Bonchev–Trinajstić information content (AvgIpc) is 2.87. The first-order chi connectivity index (χ1) is 10.1. The standard InChI is InChI=1S/C15H21FN4O/c1-4-17-12(7-10(2)3)8-14-19-15(20-21-14)13-6-5-11(16)9-18-13/h5-6,9-10,12,17H,4,7-8H2,1-3H3. The molecule has 0 saturated heterocycles. The van der Waals surface area contributed by atoms with Gasteiger partial charge in [-0.2, -0.15) is 4.98 Å². The molecule has 2 aromatic heterocycles. The summed E-state index contributed by atoms with van der Waals surface area (Å²) in [6.45, 7) is 7.35. The first kappa shape index (κ1) is 15.6. The number of hydrogen-bond acceptors (Lipinski definition) is 5. The predicted octanol–water partition coefficient (Wildman–Crippen LogP) is 2.84. The highest BCUT2D eigenvalue weighted by Crippen LogP contribution is 2.15. The highest BCUT2D eigenvalue weighted by atomic mass is 19.1. The highest BCUT2D eigenvalue weighted by molar-refractivity contribution is 5.47. The Hall–Kier alpha value is -1.82. The van der Waals surface area contributed by atoms with Crippen molar-refractivity contribution in [1.82, 2.24) is 20.4 Å². The molecule has 2 aromatic rings. The molecule has 1 N–H and O–H groups in total.